The van der Waals surface area contributed by atoms with Gasteiger partial charge in [-0.2, -0.15) is 0 Å². The van der Waals surface area contributed by atoms with Gasteiger partial charge in [-0.15, -0.1) is 11.3 Å². The third kappa shape index (κ3) is 1.69. The number of fused-ring (bicyclic) bond motifs is 1. The number of hydrogen-bond acceptors (Lipinski definition) is 4. The summed E-state index contributed by atoms with van der Waals surface area (Å²) in [5, 5.41) is 1.97. The normalized spacial score (nSPS) is 10.7. The highest BCUT2D eigenvalue weighted by Crippen LogP contribution is 2.25. The maximum Gasteiger partial charge on any atom is 0.338 e. The zero-order chi connectivity index (χ0) is 12.5. The van der Waals surface area contributed by atoms with E-state index in [1.807, 2.05) is 40.4 Å². The highest BCUT2D eigenvalue weighted by Gasteiger charge is 2.15. The molecule has 5 heteroatoms. The summed E-state index contributed by atoms with van der Waals surface area (Å²) in [6, 6.07) is 7.32. The van der Waals surface area contributed by atoms with Gasteiger partial charge < -0.3 is 4.74 Å². The second kappa shape index (κ2) is 4.27. The van der Waals surface area contributed by atoms with Crippen molar-refractivity contribution < 1.29 is 9.53 Å². The van der Waals surface area contributed by atoms with Gasteiger partial charge in [0.2, 0.25) is 0 Å². The Balaban J connectivity index is 2.16. The Morgan fingerprint density at radius 2 is 2.22 bits per heavy atom. The molecule has 18 heavy (non-hydrogen) atoms. The summed E-state index contributed by atoms with van der Waals surface area (Å²) < 4.78 is 6.72. The molecular formula is C13H10N2O2S. The van der Waals surface area contributed by atoms with E-state index in [-0.39, 0.29) is 5.97 Å². The first-order valence-corrected chi connectivity index (χ1v) is 6.27. The molecular weight excluding hydrogens is 248 g/mol. The van der Waals surface area contributed by atoms with E-state index >= 15 is 0 Å². The van der Waals surface area contributed by atoms with Crippen LogP contribution >= 0.6 is 11.3 Å². The third-order valence-electron chi connectivity index (χ3n) is 2.70. The molecule has 0 aliphatic rings. The summed E-state index contributed by atoms with van der Waals surface area (Å²) in [4.78, 5) is 17.1. The molecule has 3 aromatic rings. The minimum atomic E-state index is -0.345. The number of carbonyl (C=O) groups excluding carboxylic acids is 1. The van der Waals surface area contributed by atoms with Crippen LogP contribution in [0.5, 0.6) is 0 Å². The lowest BCUT2D eigenvalue weighted by Crippen LogP contribution is -2.03. The maximum absolute atomic E-state index is 11.7. The number of esters is 1. The molecule has 0 N–H and O–H groups in total. The topological polar surface area (TPSA) is 43.6 Å². The van der Waals surface area contributed by atoms with Gasteiger partial charge in [0, 0.05) is 23.3 Å². The Hall–Kier alpha value is -2.14. The van der Waals surface area contributed by atoms with E-state index in [4.69, 9.17) is 4.74 Å². The van der Waals surface area contributed by atoms with Crippen LogP contribution in [0.4, 0.5) is 0 Å². The number of rotatable bonds is 2. The fourth-order valence-electron chi connectivity index (χ4n) is 1.85. The number of ether oxygens (including phenoxy) is 1. The summed E-state index contributed by atoms with van der Waals surface area (Å²) >= 11 is 1.56. The molecule has 0 radical (unpaired) electrons. The van der Waals surface area contributed by atoms with Gasteiger partial charge in [0.05, 0.1) is 18.4 Å². The van der Waals surface area contributed by atoms with Crippen LogP contribution < -0.4 is 0 Å². The van der Waals surface area contributed by atoms with Gasteiger partial charge in [-0.05, 0) is 6.07 Å². The first kappa shape index (κ1) is 11.0. The summed E-state index contributed by atoms with van der Waals surface area (Å²) in [6.07, 6.45) is 3.85. The van der Waals surface area contributed by atoms with Crippen LogP contribution in [0.2, 0.25) is 0 Å². The largest absolute Gasteiger partial charge is 0.465 e. The maximum atomic E-state index is 11.7. The van der Waals surface area contributed by atoms with Crippen molar-refractivity contribution in [2.45, 2.75) is 0 Å². The molecule has 0 aliphatic carbocycles. The van der Waals surface area contributed by atoms with E-state index in [1.165, 1.54) is 7.11 Å². The Morgan fingerprint density at radius 3 is 3.00 bits per heavy atom. The molecule has 0 unspecified atom stereocenters. The SMILES string of the molecule is COC(=O)c1ccccc1-c1cn2ccsc2n1. The Kier molecular flexibility index (Phi) is 2.60. The number of imidazole rings is 1. The van der Waals surface area contributed by atoms with Gasteiger partial charge in [0.15, 0.2) is 4.96 Å². The standard InChI is InChI=1S/C13H10N2O2S/c1-17-12(16)10-5-3-2-4-9(10)11-8-15-6-7-18-13(15)14-11/h2-8H,1H3. The fraction of sp³-hybridized carbons (Fsp3) is 0.0769. The molecule has 0 atom stereocenters. The van der Waals surface area contributed by atoms with E-state index < -0.39 is 0 Å². The molecule has 2 aromatic heterocycles. The number of methoxy groups -OCH3 is 1. The van der Waals surface area contributed by atoms with Gasteiger partial charge in [-0.1, -0.05) is 18.2 Å². The van der Waals surface area contributed by atoms with E-state index in [2.05, 4.69) is 4.98 Å². The van der Waals surface area contributed by atoms with Crippen LogP contribution in [0.3, 0.4) is 0 Å². The first-order valence-electron chi connectivity index (χ1n) is 5.39. The van der Waals surface area contributed by atoms with Crippen molar-refractivity contribution in [2.24, 2.45) is 0 Å². The zero-order valence-electron chi connectivity index (χ0n) is 9.66. The second-order valence-corrected chi connectivity index (χ2v) is 4.63. The Labute approximate surface area is 107 Å². The van der Waals surface area contributed by atoms with E-state index in [0.29, 0.717) is 5.56 Å². The molecule has 3 rings (SSSR count). The highest BCUT2D eigenvalue weighted by atomic mass is 32.1. The Morgan fingerprint density at radius 1 is 1.39 bits per heavy atom. The molecule has 0 spiro atoms. The summed E-state index contributed by atoms with van der Waals surface area (Å²) in [7, 11) is 1.38. The molecule has 2 heterocycles. The van der Waals surface area contributed by atoms with Gasteiger partial charge in [0.1, 0.15) is 0 Å². The number of aromatic nitrogens is 2. The lowest BCUT2D eigenvalue weighted by atomic mass is 10.1. The number of hydrogen-bond donors (Lipinski definition) is 0. The molecule has 90 valence electrons. The second-order valence-electron chi connectivity index (χ2n) is 3.76. The first-order chi connectivity index (χ1) is 8.79. The molecule has 0 amide bonds. The summed E-state index contributed by atoms with van der Waals surface area (Å²) in [6.45, 7) is 0. The predicted octanol–water partition coefficient (Wildman–Crippen LogP) is 2.85. The summed E-state index contributed by atoms with van der Waals surface area (Å²) in [5.74, 6) is -0.345. The number of carbonyl (C=O) groups is 1. The fourth-order valence-corrected chi connectivity index (χ4v) is 2.55. The Bertz CT molecular complexity index is 686. The van der Waals surface area contributed by atoms with Crippen molar-refractivity contribution in [2.75, 3.05) is 7.11 Å². The van der Waals surface area contributed by atoms with Crippen LogP contribution in [-0.2, 0) is 4.74 Å². The van der Waals surface area contributed by atoms with Crippen LogP contribution in [-0.4, -0.2) is 22.5 Å². The number of benzene rings is 1. The quantitative estimate of drug-likeness (QED) is 0.664. The molecule has 0 aliphatic heterocycles. The van der Waals surface area contributed by atoms with Crippen LogP contribution in [0, 0.1) is 0 Å². The average molecular weight is 258 g/mol. The van der Waals surface area contributed by atoms with Crippen molar-refractivity contribution in [1.29, 1.82) is 0 Å². The highest BCUT2D eigenvalue weighted by molar-refractivity contribution is 7.15. The predicted molar refractivity (Wildman–Crippen MR) is 69.8 cm³/mol. The minimum absolute atomic E-state index is 0.345. The summed E-state index contributed by atoms with van der Waals surface area (Å²) in [5.41, 5.74) is 2.11. The molecule has 0 fully saturated rings. The van der Waals surface area contributed by atoms with Crippen molar-refractivity contribution in [1.82, 2.24) is 9.38 Å². The molecule has 1 aromatic carbocycles. The van der Waals surface area contributed by atoms with Gasteiger partial charge in [-0.25, -0.2) is 9.78 Å². The molecule has 0 saturated heterocycles. The van der Waals surface area contributed by atoms with E-state index in [1.54, 1.807) is 17.4 Å². The molecule has 0 saturated carbocycles. The average Bonchev–Trinajstić information content (AvgIpc) is 2.98. The van der Waals surface area contributed by atoms with Crippen molar-refractivity contribution in [3.8, 4) is 11.3 Å². The van der Waals surface area contributed by atoms with E-state index in [0.717, 1.165) is 16.2 Å². The molecule has 4 nitrogen and oxygen atoms in total. The van der Waals surface area contributed by atoms with Gasteiger partial charge >= 0.3 is 5.97 Å². The monoisotopic (exact) mass is 258 g/mol. The molecule has 0 bridgehead atoms. The van der Waals surface area contributed by atoms with Crippen LogP contribution in [0.1, 0.15) is 10.4 Å². The number of nitrogens with zero attached hydrogens (tertiary/aromatic N) is 2. The smallest absolute Gasteiger partial charge is 0.338 e. The van der Waals surface area contributed by atoms with Crippen LogP contribution in [0.15, 0.2) is 42.0 Å². The van der Waals surface area contributed by atoms with E-state index in [9.17, 15) is 4.79 Å². The number of thiazole rings is 1. The third-order valence-corrected chi connectivity index (χ3v) is 3.47. The van der Waals surface area contributed by atoms with Crippen molar-refractivity contribution in [3.05, 3.63) is 47.6 Å². The van der Waals surface area contributed by atoms with Crippen LogP contribution in [0.25, 0.3) is 16.2 Å². The van der Waals surface area contributed by atoms with Gasteiger partial charge in [0.25, 0.3) is 0 Å². The minimum Gasteiger partial charge on any atom is -0.465 e. The zero-order valence-corrected chi connectivity index (χ0v) is 10.5. The van der Waals surface area contributed by atoms with Crippen molar-refractivity contribution >= 4 is 22.3 Å². The lowest BCUT2D eigenvalue weighted by molar-refractivity contribution is 0.0601. The van der Waals surface area contributed by atoms with Gasteiger partial charge in [-0.3, -0.25) is 4.40 Å². The van der Waals surface area contributed by atoms with Crippen molar-refractivity contribution in [3.63, 3.8) is 0 Å². The lowest BCUT2D eigenvalue weighted by Gasteiger charge is -2.04.